The third-order valence-corrected chi connectivity index (χ3v) is 5.25. The van der Waals surface area contributed by atoms with E-state index in [2.05, 4.69) is 17.1 Å². The maximum Gasteiger partial charge on any atom is 0.325 e. The lowest BCUT2D eigenvalue weighted by Gasteiger charge is -2.26. The highest BCUT2D eigenvalue weighted by molar-refractivity contribution is 7.99. The van der Waals surface area contributed by atoms with Crippen LogP contribution in [0.3, 0.4) is 0 Å². The van der Waals surface area contributed by atoms with Crippen molar-refractivity contribution in [1.82, 2.24) is 5.32 Å². The van der Waals surface area contributed by atoms with Crippen LogP contribution in [0, 0.1) is 0 Å². The molecule has 1 saturated heterocycles. The van der Waals surface area contributed by atoms with Crippen LogP contribution in [0.25, 0.3) is 0 Å². The topological polar surface area (TPSA) is 47.6 Å². The monoisotopic (exact) mass is 289 g/mol. The maximum atomic E-state index is 11.7. The van der Waals surface area contributed by atoms with Gasteiger partial charge in [0.25, 0.3) is 0 Å². The molecule has 1 unspecified atom stereocenters. The summed E-state index contributed by atoms with van der Waals surface area (Å²) in [5.74, 6) is 0.998. The summed E-state index contributed by atoms with van der Waals surface area (Å²) in [5, 5.41) is 3.84. The molecule has 19 heavy (non-hydrogen) atoms. The predicted octanol–water partition coefficient (Wildman–Crippen LogP) is 2.22. The number of unbranched alkanes of at least 4 members (excludes halogenated alkanes) is 1. The van der Waals surface area contributed by atoms with Crippen LogP contribution in [-0.2, 0) is 14.3 Å². The minimum atomic E-state index is -0.544. The van der Waals surface area contributed by atoms with Gasteiger partial charge in [-0.2, -0.15) is 11.8 Å². The third kappa shape index (κ3) is 5.71. The van der Waals surface area contributed by atoms with E-state index in [0.29, 0.717) is 0 Å². The summed E-state index contributed by atoms with van der Waals surface area (Å²) < 4.78 is 10.2. The molecule has 1 heterocycles. The lowest BCUT2D eigenvalue weighted by atomic mass is 9.95. The number of methoxy groups -OCH3 is 1. The van der Waals surface area contributed by atoms with E-state index in [4.69, 9.17) is 9.47 Å². The Morgan fingerprint density at radius 2 is 2.11 bits per heavy atom. The lowest BCUT2D eigenvalue weighted by molar-refractivity contribution is -0.148. The maximum absolute atomic E-state index is 11.7. The van der Waals surface area contributed by atoms with E-state index in [1.165, 1.54) is 25.7 Å². The van der Waals surface area contributed by atoms with Crippen molar-refractivity contribution in [2.75, 3.05) is 33.1 Å². The second-order valence-electron chi connectivity index (χ2n) is 5.21. The van der Waals surface area contributed by atoms with Gasteiger partial charge in [0.05, 0.1) is 7.11 Å². The molecule has 0 spiro atoms. The Labute approximate surface area is 121 Å². The normalized spacial score (nSPS) is 19.9. The minimum Gasteiger partial charge on any atom is -0.468 e. The minimum absolute atomic E-state index is 0.174. The zero-order valence-corrected chi connectivity index (χ0v) is 13.2. The molecule has 112 valence electrons. The van der Waals surface area contributed by atoms with E-state index in [-0.39, 0.29) is 5.97 Å². The van der Waals surface area contributed by atoms with Crippen molar-refractivity contribution in [2.24, 2.45) is 0 Å². The van der Waals surface area contributed by atoms with Crippen molar-refractivity contribution in [3.05, 3.63) is 0 Å². The molecular weight excluding hydrogens is 262 g/mol. The van der Waals surface area contributed by atoms with E-state index >= 15 is 0 Å². The van der Waals surface area contributed by atoms with Gasteiger partial charge in [0.2, 0.25) is 0 Å². The number of nitrogens with one attached hydrogen (secondary N) is 1. The van der Waals surface area contributed by atoms with Crippen LogP contribution >= 0.6 is 11.8 Å². The second-order valence-corrected chi connectivity index (χ2v) is 6.62. The van der Waals surface area contributed by atoms with Crippen molar-refractivity contribution >= 4 is 17.7 Å². The first kappa shape index (κ1) is 16.8. The van der Waals surface area contributed by atoms with Gasteiger partial charge < -0.3 is 14.8 Å². The summed E-state index contributed by atoms with van der Waals surface area (Å²) in [7, 11) is 3.26. The van der Waals surface area contributed by atoms with Crippen molar-refractivity contribution in [2.45, 2.75) is 49.8 Å². The van der Waals surface area contributed by atoms with Crippen LogP contribution in [0.4, 0.5) is 0 Å². The highest BCUT2D eigenvalue weighted by Crippen LogP contribution is 2.24. The molecular formula is C14H27NO3S. The highest BCUT2D eigenvalue weighted by Gasteiger charge is 2.31. The van der Waals surface area contributed by atoms with Gasteiger partial charge in [-0.15, -0.1) is 0 Å². The molecule has 0 aromatic carbocycles. The quantitative estimate of drug-likeness (QED) is 0.548. The number of rotatable bonds is 8. The Morgan fingerprint density at radius 3 is 2.68 bits per heavy atom. The number of likely N-dealkylation sites (N-methyl/N-ethyl adjacent to an activating group) is 1. The molecule has 1 aliphatic heterocycles. The first-order valence-electron chi connectivity index (χ1n) is 7.09. The van der Waals surface area contributed by atoms with E-state index in [1.807, 2.05) is 14.0 Å². The SMILES string of the molecule is CNC(C)(CCCCSC1CCOCC1)C(=O)OC. The molecule has 0 aromatic heterocycles. The number of carbonyl (C=O) groups is 1. The fraction of sp³-hybridized carbons (Fsp3) is 0.929. The molecule has 0 bridgehead atoms. The third-order valence-electron chi connectivity index (χ3n) is 3.78. The van der Waals surface area contributed by atoms with Crippen LogP contribution in [-0.4, -0.2) is 49.9 Å². The second kappa shape index (κ2) is 8.82. The molecule has 1 rings (SSSR count). The van der Waals surface area contributed by atoms with Gasteiger partial charge in [0, 0.05) is 18.5 Å². The average molecular weight is 289 g/mol. The van der Waals surface area contributed by atoms with Crippen LogP contribution in [0.2, 0.25) is 0 Å². The molecule has 5 heteroatoms. The standard InChI is InChI=1S/C14H27NO3S/c1-14(15-2,13(16)17-3)8-4-5-11-19-12-6-9-18-10-7-12/h12,15H,4-11H2,1-3H3. The Hall–Kier alpha value is -0.260. The van der Waals surface area contributed by atoms with Crippen LogP contribution in [0.5, 0.6) is 0 Å². The molecule has 0 saturated carbocycles. The number of esters is 1. The Bertz CT molecular complexity index is 269. The van der Waals surface area contributed by atoms with Crippen LogP contribution < -0.4 is 5.32 Å². The van der Waals surface area contributed by atoms with Gasteiger partial charge in [0.1, 0.15) is 5.54 Å². The molecule has 1 aliphatic rings. The zero-order valence-electron chi connectivity index (χ0n) is 12.4. The summed E-state index contributed by atoms with van der Waals surface area (Å²) in [4.78, 5) is 11.7. The number of ether oxygens (including phenoxy) is 2. The number of carbonyl (C=O) groups excluding carboxylic acids is 1. The smallest absolute Gasteiger partial charge is 0.325 e. The zero-order chi connectivity index (χ0) is 14.1. The summed E-state index contributed by atoms with van der Waals surface area (Å²) in [6.07, 6.45) is 5.38. The molecule has 0 radical (unpaired) electrons. The van der Waals surface area contributed by atoms with Gasteiger partial charge in [-0.1, -0.05) is 6.42 Å². The average Bonchev–Trinajstić information content (AvgIpc) is 2.46. The fourth-order valence-electron chi connectivity index (χ4n) is 2.23. The molecule has 4 nitrogen and oxygen atoms in total. The van der Waals surface area contributed by atoms with E-state index in [0.717, 1.165) is 37.7 Å². The summed E-state index contributed by atoms with van der Waals surface area (Å²) in [6.45, 7) is 3.74. The number of hydrogen-bond donors (Lipinski definition) is 1. The van der Waals surface area contributed by atoms with Gasteiger partial charge in [-0.25, -0.2) is 0 Å². The fourth-order valence-corrected chi connectivity index (χ4v) is 3.46. The number of hydrogen-bond acceptors (Lipinski definition) is 5. The summed E-state index contributed by atoms with van der Waals surface area (Å²) in [5.41, 5.74) is -0.544. The Morgan fingerprint density at radius 1 is 1.42 bits per heavy atom. The molecule has 1 atom stereocenters. The van der Waals surface area contributed by atoms with Gasteiger partial charge >= 0.3 is 5.97 Å². The summed E-state index contributed by atoms with van der Waals surface area (Å²) >= 11 is 2.05. The van der Waals surface area contributed by atoms with E-state index in [1.54, 1.807) is 0 Å². The molecule has 0 aliphatic carbocycles. The van der Waals surface area contributed by atoms with Crippen molar-refractivity contribution in [1.29, 1.82) is 0 Å². The largest absolute Gasteiger partial charge is 0.468 e. The molecule has 1 N–H and O–H groups in total. The number of thioether (sulfide) groups is 1. The first-order valence-corrected chi connectivity index (χ1v) is 8.14. The molecule has 0 amide bonds. The molecule has 1 fully saturated rings. The Kier molecular flexibility index (Phi) is 7.80. The van der Waals surface area contributed by atoms with Crippen molar-refractivity contribution < 1.29 is 14.3 Å². The lowest BCUT2D eigenvalue weighted by Crippen LogP contribution is -2.48. The highest BCUT2D eigenvalue weighted by atomic mass is 32.2. The predicted molar refractivity (Wildman–Crippen MR) is 79.6 cm³/mol. The summed E-state index contributed by atoms with van der Waals surface area (Å²) in [6, 6.07) is 0. The Balaban J connectivity index is 2.13. The van der Waals surface area contributed by atoms with E-state index in [9.17, 15) is 4.79 Å². The van der Waals surface area contributed by atoms with Gasteiger partial charge in [-0.05, 0) is 45.4 Å². The van der Waals surface area contributed by atoms with Crippen molar-refractivity contribution in [3.63, 3.8) is 0 Å². The molecule has 0 aromatic rings. The van der Waals surface area contributed by atoms with E-state index < -0.39 is 5.54 Å². The van der Waals surface area contributed by atoms with Gasteiger partial charge in [-0.3, -0.25) is 4.79 Å². The first-order chi connectivity index (χ1) is 9.12. The van der Waals surface area contributed by atoms with Crippen LogP contribution in [0.15, 0.2) is 0 Å². The van der Waals surface area contributed by atoms with Crippen molar-refractivity contribution in [3.8, 4) is 0 Å². The van der Waals surface area contributed by atoms with Gasteiger partial charge in [0.15, 0.2) is 0 Å². The van der Waals surface area contributed by atoms with Crippen LogP contribution in [0.1, 0.15) is 39.0 Å².